The van der Waals surface area contributed by atoms with Crippen LogP contribution in [-0.2, 0) is 13.5 Å². The van der Waals surface area contributed by atoms with E-state index in [1.165, 1.54) is 16.7 Å². The molecule has 100 valence electrons. The van der Waals surface area contributed by atoms with Gasteiger partial charge in [0.2, 0.25) is 0 Å². The molecule has 0 radical (unpaired) electrons. The molecule has 4 heteroatoms. The summed E-state index contributed by atoms with van der Waals surface area (Å²) >= 11 is 3.58. The van der Waals surface area contributed by atoms with Gasteiger partial charge in [-0.15, -0.1) is 0 Å². The topological polar surface area (TPSA) is 29.9 Å². The molecule has 19 heavy (non-hydrogen) atoms. The Morgan fingerprint density at radius 2 is 2.26 bits per heavy atom. The molecule has 2 heterocycles. The van der Waals surface area contributed by atoms with E-state index in [2.05, 4.69) is 51.5 Å². The van der Waals surface area contributed by atoms with Crippen molar-refractivity contribution in [3.8, 4) is 11.3 Å². The zero-order valence-electron chi connectivity index (χ0n) is 11.3. The Labute approximate surface area is 122 Å². The fraction of sp³-hybridized carbons (Fsp3) is 0.400. The molecule has 0 unspecified atom stereocenters. The molecule has 3 nitrogen and oxygen atoms in total. The lowest BCUT2D eigenvalue weighted by atomic mass is 9.93. The Kier molecular flexibility index (Phi) is 3.46. The van der Waals surface area contributed by atoms with E-state index in [9.17, 15) is 0 Å². The van der Waals surface area contributed by atoms with E-state index >= 15 is 0 Å². The molecule has 0 amide bonds. The van der Waals surface area contributed by atoms with Gasteiger partial charge < -0.3 is 5.32 Å². The summed E-state index contributed by atoms with van der Waals surface area (Å²) in [7, 11) is 1.98. The Balaban J connectivity index is 2.09. The number of nitrogens with zero attached hydrogens (tertiary/aromatic N) is 2. The lowest BCUT2D eigenvalue weighted by Gasteiger charge is -2.14. The van der Waals surface area contributed by atoms with Crippen molar-refractivity contribution in [3.63, 3.8) is 0 Å². The van der Waals surface area contributed by atoms with Crippen molar-refractivity contribution in [2.24, 2.45) is 7.05 Å². The summed E-state index contributed by atoms with van der Waals surface area (Å²) in [6.07, 6.45) is 2.95. The molecule has 0 fully saturated rings. The van der Waals surface area contributed by atoms with Gasteiger partial charge in [-0.2, -0.15) is 5.10 Å². The predicted octanol–water partition coefficient (Wildman–Crippen LogP) is 3.10. The van der Waals surface area contributed by atoms with Crippen molar-refractivity contribution >= 4 is 15.9 Å². The van der Waals surface area contributed by atoms with Crippen molar-refractivity contribution in [2.75, 3.05) is 13.1 Å². The van der Waals surface area contributed by atoms with E-state index in [1.54, 1.807) is 0 Å². The molecule has 1 aromatic carbocycles. The molecule has 0 saturated heterocycles. The van der Waals surface area contributed by atoms with E-state index in [0.29, 0.717) is 5.92 Å². The molecule has 1 N–H and O–H groups in total. The number of aryl methyl sites for hydroxylation is 1. The first-order valence-corrected chi connectivity index (χ1v) is 7.47. The van der Waals surface area contributed by atoms with Crippen molar-refractivity contribution in [3.05, 3.63) is 40.0 Å². The van der Waals surface area contributed by atoms with E-state index in [-0.39, 0.29) is 0 Å². The molecule has 0 saturated carbocycles. The maximum Gasteiger partial charge on any atom is 0.0821 e. The molecule has 3 rings (SSSR count). The first-order chi connectivity index (χ1) is 9.16. The van der Waals surface area contributed by atoms with Gasteiger partial charge in [-0.1, -0.05) is 19.1 Å². The third kappa shape index (κ3) is 2.35. The Morgan fingerprint density at radius 3 is 3.00 bits per heavy atom. The fourth-order valence-electron chi connectivity index (χ4n) is 2.84. The van der Waals surface area contributed by atoms with Crippen LogP contribution in [0.4, 0.5) is 0 Å². The summed E-state index contributed by atoms with van der Waals surface area (Å²) in [5, 5.41) is 7.79. The average molecular weight is 320 g/mol. The van der Waals surface area contributed by atoms with Crippen LogP contribution in [0.15, 0.2) is 28.9 Å². The van der Waals surface area contributed by atoms with Gasteiger partial charge in [0.1, 0.15) is 0 Å². The summed E-state index contributed by atoms with van der Waals surface area (Å²) in [5.74, 6) is 0.585. The van der Waals surface area contributed by atoms with Crippen LogP contribution in [0.1, 0.15) is 24.0 Å². The second-order valence-corrected chi connectivity index (χ2v) is 6.09. The van der Waals surface area contributed by atoms with Gasteiger partial charge in [0, 0.05) is 19.2 Å². The minimum Gasteiger partial charge on any atom is -0.316 e. The summed E-state index contributed by atoms with van der Waals surface area (Å²) in [6.45, 7) is 4.42. The van der Waals surface area contributed by atoms with Crippen molar-refractivity contribution < 1.29 is 0 Å². The molecule has 1 atom stereocenters. The average Bonchev–Trinajstić information content (AvgIpc) is 2.62. The smallest absolute Gasteiger partial charge is 0.0821 e. The molecule has 0 spiro atoms. The monoisotopic (exact) mass is 319 g/mol. The van der Waals surface area contributed by atoms with E-state index in [0.717, 1.165) is 29.7 Å². The third-order valence-electron chi connectivity index (χ3n) is 3.86. The lowest BCUT2D eigenvalue weighted by molar-refractivity contribution is 0.644. The fourth-order valence-corrected chi connectivity index (χ4v) is 3.41. The van der Waals surface area contributed by atoms with Gasteiger partial charge in [0.15, 0.2) is 0 Å². The van der Waals surface area contributed by atoms with Crippen LogP contribution in [0.2, 0.25) is 0 Å². The molecule has 0 bridgehead atoms. The number of rotatable bonds is 1. The highest BCUT2D eigenvalue weighted by Crippen LogP contribution is 2.31. The molecular formula is C15H18BrN3. The number of nitrogens with one attached hydrogen (secondary N) is 1. The SMILES string of the molecule is C[C@H]1CNCCc2cc(-c3c(Br)cnn3C)ccc21. The van der Waals surface area contributed by atoms with Gasteiger partial charge in [-0.05, 0) is 52.0 Å². The van der Waals surface area contributed by atoms with Crippen LogP contribution < -0.4 is 5.32 Å². The standard InChI is InChI=1S/C15H18BrN3/c1-10-8-17-6-5-11-7-12(3-4-13(10)11)15-14(16)9-18-19(15)2/h3-4,7,9-10,17H,5-6,8H2,1-2H3/t10-/m0/s1. The molecular weight excluding hydrogens is 302 g/mol. The summed E-state index contributed by atoms with van der Waals surface area (Å²) in [4.78, 5) is 0. The van der Waals surface area contributed by atoms with E-state index in [4.69, 9.17) is 0 Å². The molecule has 1 aliphatic heterocycles. The Morgan fingerprint density at radius 1 is 1.42 bits per heavy atom. The molecule has 0 aliphatic carbocycles. The maximum atomic E-state index is 4.30. The van der Waals surface area contributed by atoms with Gasteiger partial charge in [-0.3, -0.25) is 4.68 Å². The molecule has 1 aliphatic rings. The van der Waals surface area contributed by atoms with Crippen LogP contribution in [0.5, 0.6) is 0 Å². The largest absolute Gasteiger partial charge is 0.316 e. The second kappa shape index (κ2) is 5.10. The highest BCUT2D eigenvalue weighted by Gasteiger charge is 2.16. The normalized spacial score (nSPS) is 19.0. The van der Waals surface area contributed by atoms with E-state index < -0.39 is 0 Å². The number of benzene rings is 1. The zero-order chi connectivity index (χ0) is 13.4. The number of halogens is 1. The minimum atomic E-state index is 0.585. The van der Waals surface area contributed by atoms with Gasteiger partial charge in [-0.25, -0.2) is 0 Å². The van der Waals surface area contributed by atoms with Crippen LogP contribution in [0, 0.1) is 0 Å². The van der Waals surface area contributed by atoms with Crippen molar-refractivity contribution in [1.82, 2.24) is 15.1 Å². The maximum absolute atomic E-state index is 4.30. The quantitative estimate of drug-likeness (QED) is 0.875. The van der Waals surface area contributed by atoms with Gasteiger partial charge in [0.25, 0.3) is 0 Å². The predicted molar refractivity (Wildman–Crippen MR) is 81.3 cm³/mol. The van der Waals surface area contributed by atoms with Crippen LogP contribution in [0.25, 0.3) is 11.3 Å². The Hall–Kier alpha value is -1.13. The van der Waals surface area contributed by atoms with E-state index in [1.807, 2.05) is 17.9 Å². The van der Waals surface area contributed by atoms with Gasteiger partial charge >= 0.3 is 0 Å². The van der Waals surface area contributed by atoms with Crippen LogP contribution in [0.3, 0.4) is 0 Å². The summed E-state index contributed by atoms with van der Waals surface area (Å²) < 4.78 is 2.97. The number of hydrogen-bond acceptors (Lipinski definition) is 2. The number of hydrogen-bond donors (Lipinski definition) is 1. The second-order valence-electron chi connectivity index (χ2n) is 5.23. The highest BCUT2D eigenvalue weighted by molar-refractivity contribution is 9.10. The minimum absolute atomic E-state index is 0.585. The number of aromatic nitrogens is 2. The van der Waals surface area contributed by atoms with Crippen LogP contribution >= 0.6 is 15.9 Å². The third-order valence-corrected chi connectivity index (χ3v) is 4.44. The van der Waals surface area contributed by atoms with Crippen molar-refractivity contribution in [2.45, 2.75) is 19.3 Å². The molecule has 1 aromatic heterocycles. The number of fused-ring (bicyclic) bond motifs is 1. The highest BCUT2D eigenvalue weighted by atomic mass is 79.9. The lowest BCUT2D eigenvalue weighted by Crippen LogP contribution is -2.18. The first-order valence-electron chi connectivity index (χ1n) is 6.68. The summed E-state index contributed by atoms with van der Waals surface area (Å²) in [5.41, 5.74) is 5.32. The Bertz CT molecular complexity index is 584. The van der Waals surface area contributed by atoms with Crippen molar-refractivity contribution in [1.29, 1.82) is 0 Å². The molecule has 2 aromatic rings. The first kappa shape index (κ1) is 12.9. The van der Waals surface area contributed by atoms with Crippen LogP contribution in [-0.4, -0.2) is 22.9 Å². The summed E-state index contributed by atoms with van der Waals surface area (Å²) in [6, 6.07) is 6.81. The zero-order valence-corrected chi connectivity index (χ0v) is 12.9. The van der Waals surface area contributed by atoms with Gasteiger partial charge in [0.05, 0.1) is 16.4 Å².